The van der Waals surface area contributed by atoms with Gasteiger partial charge in [0.05, 0.1) is 0 Å². The van der Waals surface area contributed by atoms with Crippen LogP contribution in [0.4, 0.5) is 0 Å². The first kappa shape index (κ1) is 16.4. The zero-order chi connectivity index (χ0) is 14.6. The highest BCUT2D eigenvalue weighted by Gasteiger charge is 2.36. The zero-order valence-electron chi connectivity index (χ0n) is 11.2. The summed E-state index contributed by atoms with van der Waals surface area (Å²) in [5.41, 5.74) is -0.642. The van der Waals surface area contributed by atoms with E-state index in [9.17, 15) is 9.90 Å². The van der Waals surface area contributed by atoms with E-state index in [2.05, 4.69) is 21.2 Å². The molecule has 106 valence electrons. The molecule has 1 rings (SSSR count). The van der Waals surface area contributed by atoms with Crippen LogP contribution in [-0.4, -0.2) is 43.2 Å². The summed E-state index contributed by atoms with van der Waals surface area (Å²) in [6.45, 7) is 2.93. The molecular weight excluding hydrogens is 332 g/mol. The Morgan fingerprint density at radius 3 is 2.63 bits per heavy atom. The van der Waals surface area contributed by atoms with Gasteiger partial charge in [0, 0.05) is 28.1 Å². The lowest BCUT2D eigenvalue weighted by atomic mass is 9.92. The van der Waals surface area contributed by atoms with Gasteiger partial charge in [-0.1, -0.05) is 33.6 Å². The third kappa shape index (κ3) is 4.18. The normalized spacial score (nSPS) is 14.4. The van der Waals surface area contributed by atoms with Gasteiger partial charge in [0.25, 0.3) is 0 Å². The van der Waals surface area contributed by atoms with Gasteiger partial charge in [0.2, 0.25) is 0 Å². The average molecular weight is 350 g/mol. The lowest BCUT2D eigenvalue weighted by Crippen LogP contribution is -2.48. The Hall–Kier alpha value is -0.620. The summed E-state index contributed by atoms with van der Waals surface area (Å²) in [7, 11) is 3.87. The molecule has 1 unspecified atom stereocenters. The molecule has 0 radical (unpaired) electrons. The molecule has 0 saturated heterocycles. The zero-order valence-corrected chi connectivity index (χ0v) is 13.5. The maximum atomic E-state index is 11.6. The van der Waals surface area contributed by atoms with Crippen molar-refractivity contribution >= 4 is 33.5 Å². The second-order valence-corrected chi connectivity index (χ2v) is 6.11. The molecule has 0 bridgehead atoms. The average Bonchev–Trinajstić information content (AvgIpc) is 2.27. The number of rotatable bonds is 6. The van der Waals surface area contributed by atoms with E-state index in [-0.39, 0.29) is 0 Å². The summed E-state index contributed by atoms with van der Waals surface area (Å²) in [6, 6.07) is 5.21. The van der Waals surface area contributed by atoms with E-state index in [0.29, 0.717) is 17.1 Å². The molecular formula is C13H18BrClN2O2. The highest BCUT2D eigenvalue weighted by Crippen LogP contribution is 2.30. The monoisotopic (exact) mass is 348 g/mol. The van der Waals surface area contributed by atoms with E-state index in [1.807, 2.05) is 19.0 Å². The molecule has 0 aromatic heterocycles. The first-order chi connectivity index (χ1) is 8.77. The summed E-state index contributed by atoms with van der Waals surface area (Å²) in [6.07, 6.45) is 0. The van der Waals surface area contributed by atoms with E-state index in [0.717, 1.165) is 11.0 Å². The van der Waals surface area contributed by atoms with Crippen LogP contribution < -0.4 is 5.32 Å². The van der Waals surface area contributed by atoms with Gasteiger partial charge in [0.15, 0.2) is 0 Å². The molecule has 0 heterocycles. The lowest BCUT2D eigenvalue weighted by molar-refractivity contribution is -0.144. The summed E-state index contributed by atoms with van der Waals surface area (Å²) in [5.74, 6) is -0.949. The minimum Gasteiger partial charge on any atom is -0.480 e. The molecule has 19 heavy (non-hydrogen) atoms. The molecule has 0 saturated carbocycles. The quantitative estimate of drug-likeness (QED) is 0.829. The van der Waals surface area contributed by atoms with E-state index in [1.54, 1.807) is 25.1 Å². The van der Waals surface area contributed by atoms with E-state index < -0.39 is 11.5 Å². The maximum Gasteiger partial charge on any atom is 0.328 e. The van der Waals surface area contributed by atoms with E-state index in [4.69, 9.17) is 11.6 Å². The minimum absolute atomic E-state index is 0.427. The summed E-state index contributed by atoms with van der Waals surface area (Å²) in [4.78, 5) is 13.6. The van der Waals surface area contributed by atoms with Crippen molar-refractivity contribution in [3.8, 4) is 0 Å². The fourth-order valence-corrected chi connectivity index (χ4v) is 2.57. The number of hydrogen-bond donors (Lipinski definition) is 2. The number of carbonyl (C=O) groups is 1. The van der Waals surface area contributed by atoms with E-state index in [1.165, 1.54) is 0 Å². The topological polar surface area (TPSA) is 52.6 Å². The third-order valence-electron chi connectivity index (χ3n) is 2.94. The van der Waals surface area contributed by atoms with Crippen LogP contribution in [0.1, 0.15) is 12.5 Å². The van der Waals surface area contributed by atoms with Gasteiger partial charge in [0.1, 0.15) is 5.54 Å². The molecule has 1 aromatic rings. The van der Waals surface area contributed by atoms with Gasteiger partial charge in [-0.2, -0.15) is 0 Å². The van der Waals surface area contributed by atoms with E-state index >= 15 is 0 Å². The lowest BCUT2D eigenvalue weighted by Gasteiger charge is -2.28. The van der Waals surface area contributed by atoms with Crippen LogP contribution in [0, 0.1) is 0 Å². The number of halogens is 2. The number of carboxylic acid groups (broad SMARTS) is 1. The third-order valence-corrected chi connectivity index (χ3v) is 3.74. The Morgan fingerprint density at radius 2 is 2.16 bits per heavy atom. The van der Waals surface area contributed by atoms with Gasteiger partial charge in [-0.15, -0.1) is 0 Å². The first-order valence-electron chi connectivity index (χ1n) is 5.86. The van der Waals surface area contributed by atoms with Gasteiger partial charge in [-0.05, 0) is 33.2 Å². The number of carboxylic acids is 1. The van der Waals surface area contributed by atoms with Crippen molar-refractivity contribution in [2.75, 3.05) is 27.2 Å². The fraction of sp³-hybridized carbons (Fsp3) is 0.462. The Balaban J connectivity index is 3.01. The Morgan fingerprint density at radius 1 is 1.53 bits per heavy atom. The molecule has 0 fully saturated rings. The van der Waals surface area contributed by atoms with Crippen molar-refractivity contribution in [2.24, 2.45) is 0 Å². The molecule has 1 aromatic carbocycles. The number of nitrogens with zero attached hydrogens (tertiary/aromatic N) is 1. The van der Waals surface area contributed by atoms with Crippen molar-refractivity contribution in [3.63, 3.8) is 0 Å². The second kappa shape index (κ2) is 6.70. The minimum atomic E-state index is -1.20. The SMILES string of the molecule is CN(C)CCNC(C)(C(=O)O)c1ccc(Br)cc1Cl. The van der Waals surface area contributed by atoms with Gasteiger partial charge < -0.3 is 10.0 Å². The van der Waals surface area contributed by atoms with Crippen LogP contribution in [0.15, 0.2) is 22.7 Å². The predicted octanol–water partition coefficient (Wildman–Crippen LogP) is 2.55. The van der Waals surface area contributed by atoms with Crippen LogP contribution in [0.5, 0.6) is 0 Å². The summed E-state index contributed by atoms with van der Waals surface area (Å²) in [5, 5.41) is 13.0. The van der Waals surface area contributed by atoms with Gasteiger partial charge in [-0.3, -0.25) is 5.32 Å². The number of hydrogen-bond acceptors (Lipinski definition) is 3. The fourth-order valence-electron chi connectivity index (χ4n) is 1.71. The Labute approximate surface area is 126 Å². The van der Waals surface area contributed by atoms with Crippen molar-refractivity contribution in [3.05, 3.63) is 33.3 Å². The molecule has 1 atom stereocenters. The summed E-state index contributed by atoms with van der Waals surface area (Å²) >= 11 is 9.47. The van der Waals surface area contributed by atoms with Gasteiger partial charge >= 0.3 is 5.97 Å². The molecule has 0 aliphatic rings. The first-order valence-corrected chi connectivity index (χ1v) is 7.03. The molecule has 4 nitrogen and oxygen atoms in total. The highest BCUT2D eigenvalue weighted by atomic mass is 79.9. The van der Waals surface area contributed by atoms with Crippen LogP contribution in [0.25, 0.3) is 0 Å². The van der Waals surface area contributed by atoms with Crippen LogP contribution in [0.2, 0.25) is 5.02 Å². The number of likely N-dealkylation sites (N-methyl/N-ethyl adjacent to an activating group) is 1. The largest absolute Gasteiger partial charge is 0.480 e. The smallest absolute Gasteiger partial charge is 0.328 e. The van der Waals surface area contributed by atoms with Crippen LogP contribution >= 0.6 is 27.5 Å². The van der Waals surface area contributed by atoms with Crippen molar-refractivity contribution in [1.82, 2.24) is 10.2 Å². The van der Waals surface area contributed by atoms with Gasteiger partial charge in [-0.25, -0.2) is 4.79 Å². The number of benzene rings is 1. The Bertz CT molecular complexity index is 468. The van der Waals surface area contributed by atoms with Crippen LogP contribution in [0.3, 0.4) is 0 Å². The molecule has 0 amide bonds. The molecule has 2 N–H and O–H groups in total. The highest BCUT2D eigenvalue weighted by molar-refractivity contribution is 9.10. The van der Waals surface area contributed by atoms with Crippen molar-refractivity contribution < 1.29 is 9.90 Å². The molecule has 0 aliphatic heterocycles. The standard InChI is InChI=1S/C13H18BrClN2O2/c1-13(12(18)19,16-6-7-17(2)3)10-5-4-9(14)8-11(10)15/h4-5,8,16H,6-7H2,1-3H3,(H,18,19). The molecule has 6 heteroatoms. The molecule has 0 spiro atoms. The Kier molecular flexibility index (Phi) is 5.80. The number of nitrogens with one attached hydrogen (secondary N) is 1. The van der Waals surface area contributed by atoms with Crippen LogP contribution in [-0.2, 0) is 10.3 Å². The van der Waals surface area contributed by atoms with Crippen molar-refractivity contribution in [2.45, 2.75) is 12.5 Å². The predicted molar refractivity (Wildman–Crippen MR) is 80.7 cm³/mol. The van der Waals surface area contributed by atoms with Crippen molar-refractivity contribution in [1.29, 1.82) is 0 Å². The number of aliphatic carboxylic acids is 1. The molecule has 0 aliphatic carbocycles. The second-order valence-electron chi connectivity index (χ2n) is 4.78. The summed E-state index contributed by atoms with van der Waals surface area (Å²) < 4.78 is 0.822. The maximum absolute atomic E-state index is 11.6.